The van der Waals surface area contributed by atoms with Crippen LogP contribution >= 0.6 is 12.2 Å². The molecule has 120 valence electrons. The molecular formula is C5H12N2O8S5. The average Bonchev–Trinajstić information content (AvgIpc) is 1.88. The van der Waals surface area contributed by atoms with Crippen molar-refractivity contribution in [3.8, 4) is 0 Å². The van der Waals surface area contributed by atoms with Gasteiger partial charge in [-0.1, -0.05) is 0 Å². The van der Waals surface area contributed by atoms with Gasteiger partial charge in [0, 0.05) is 0 Å². The Balaban J connectivity index is 6.47. The molecule has 0 aromatic carbocycles. The molecule has 0 amide bonds. The van der Waals surface area contributed by atoms with Crippen LogP contribution in [0.2, 0.25) is 0 Å². The predicted molar refractivity (Wildman–Crippen MR) is 75.7 cm³/mol. The van der Waals surface area contributed by atoms with Gasteiger partial charge in [-0.2, -0.15) is 0 Å². The normalized spacial score (nSPS) is 13.8. The molecule has 0 rings (SSSR count). The summed E-state index contributed by atoms with van der Waals surface area (Å²) in [5.41, 5.74) is 0. The Kier molecular flexibility index (Phi) is 5.22. The molecule has 0 unspecified atom stereocenters. The van der Waals surface area contributed by atoms with Crippen LogP contribution in [0.1, 0.15) is 0 Å². The Bertz CT molecular complexity index is 684. The number of sulfonamides is 4. The zero-order chi connectivity index (χ0) is 16.7. The first-order valence-corrected chi connectivity index (χ1v) is 12.1. The summed E-state index contributed by atoms with van der Waals surface area (Å²) in [6.45, 7) is 0. The molecule has 0 aliphatic rings. The molecule has 0 atom stereocenters. The highest BCUT2D eigenvalue weighted by Crippen LogP contribution is 2.16. The van der Waals surface area contributed by atoms with Crippen molar-refractivity contribution < 1.29 is 33.7 Å². The SMILES string of the molecule is CS(=O)(=O)N(C(=S)N(S(C)(=O)=O)S(C)(=O)=O)S(C)(=O)=O. The van der Waals surface area contributed by atoms with E-state index in [2.05, 4.69) is 12.2 Å². The summed E-state index contributed by atoms with van der Waals surface area (Å²) in [6, 6.07) is 0. The van der Waals surface area contributed by atoms with Crippen molar-refractivity contribution in [3.63, 3.8) is 0 Å². The van der Waals surface area contributed by atoms with Crippen LogP contribution in [0.3, 0.4) is 0 Å². The minimum atomic E-state index is -4.55. The molecule has 0 aromatic rings. The molecule has 0 saturated heterocycles. The fourth-order valence-corrected chi connectivity index (χ4v) is 8.35. The van der Waals surface area contributed by atoms with Crippen LogP contribution in [0.4, 0.5) is 0 Å². The van der Waals surface area contributed by atoms with Crippen molar-refractivity contribution in [1.29, 1.82) is 0 Å². The number of hydrogen-bond acceptors (Lipinski definition) is 9. The van der Waals surface area contributed by atoms with E-state index in [1.54, 1.807) is 0 Å². The van der Waals surface area contributed by atoms with E-state index in [0.717, 1.165) is 0 Å². The molecule has 0 aromatic heterocycles. The van der Waals surface area contributed by atoms with Crippen LogP contribution in [0.5, 0.6) is 0 Å². The first-order valence-electron chi connectivity index (χ1n) is 4.35. The molecule has 0 aliphatic heterocycles. The topological polar surface area (TPSA) is 143 Å². The molecule has 15 heteroatoms. The maximum atomic E-state index is 11.4. The maximum Gasteiger partial charge on any atom is 0.247 e. The molecule has 0 N–H and O–H groups in total. The van der Waals surface area contributed by atoms with Crippen LogP contribution in [0.15, 0.2) is 0 Å². The lowest BCUT2D eigenvalue weighted by molar-refractivity contribution is 0.537. The van der Waals surface area contributed by atoms with Gasteiger partial charge in [0.15, 0.2) is 0 Å². The standard InChI is InChI=1S/C5H12N2O8S5/c1-17(8,9)6(18(2,10)11)5(16)7(19(3,12)13)20(4,14)15/h1-4H3. The summed E-state index contributed by atoms with van der Waals surface area (Å²) >= 11 is 4.42. The van der Waals surface area contributed by atoms with Gasteiger partial charge in [-0.3, -0.25) is 0 Å². The number of rotatable bonds is 4. The molecule has 0 saturated carbocycles. The summed E-state index contributed by atoms with van der Waals surface area (Å²) in [5, 5.41) is -1.42. The summed E-state index contributed by atoms with van der Waals surface area (Å²) < 4.78 is 90.5. The van der Waals surface area contributed by atoms with E-state index in [1.165, 1.54) is 0 Å². The van der Waals surface area contributed by atoms with Crippen LogP contribution in [-0.4, -0.2) is 71.2 Å². The van der Waals surface area contributed by atoms with Crippen molar-refractivity contribution in [2.75, 3.05) is 25.0 Å². The Morgan fingerprint density at radius 3 is 0.850 bits per heavy atom. The number of thiocarbonyl (C=S) groups is 1. The Morgan fingerprint density at radius 1 is 0.600 bits per heavy atom. The Hall–Kier alpha value is -0.510. The minimum absolute atomic E-state index is 0.434. The molecule has 0 spiro atoms. The number of nitrogens with zero attached hydrogens (tertiary/aromatic N) is 2. The molecule has 0 fully saturated rings. The minimum Gasteiger partial charge on any atom is -0.206 e. The van der Waals surface area contributed by atoms with E-state index in [-0.39, 0.29) is 0 Å². The van der Waals surface area contributed by atoms with Crippen molar-refractivity contribution in [2.24, 2.45) is 0 Å². The van der Waals surface area contributed by atoms with Crippen LogP contribution in [0.25, 0.3) is 0 Å². The molecule has 0 bridgehead atoms. The van der Waals surface area contributed by atoms with Gasteiger partial charge in [-0.15, -0.1) is 7.42 Å². The second-order valence-corrected chi connectivity index (χ2v) is 11.9. The molecule has 0 aliphatic carbocycles. The second kappa shape index (κ2) is 5.36. The summed E-state index contributed by atoms with van der Waals surface area (Å²) in [7, 11) is -18.2. The van der Waals surface area contributed by atoms with E-state index >= 15 is 0 Å². The van der Waals surface area contributed by atoms with Gasteiger partial charge < -0.3 is 0 Å². The van der Waals surface area contributed by atoms with Gasteiger partial charge in [0.05, 0.1) is 25.0 Å². The molecule has 10 nitrogen and oxygen atoms in total. The van der Waals surface area contributed by atoms with Crippen LogP contribution < -0.4 is 0 Å². The first kappa shape index (κ1) is 19.5. The number of hydrogen-bond donors (Lipinski definition) is 0. The largest absolute Gasteiger partial charge is 0.247 e. The van der Waals surface area contributed by atoms with Gasteiger partial charge >= 0.3 is 0 Å². The van der Waals surface area contributed by atoms with E-state index in [0.29, 0.717) is 25.0 Å². The molecule has 0 heterocycles. The van der Waals surface area contributed by atoms with Crippen molar-refractivity contribution >= 4 is 57.4 Å². The highest BCUT2D eigenvalue weighted by Gasteiger charge is 2.40. The predicted octanol–water partition coefficient (Wildman–Crippen LogP) is -2.29. The summed E-state index contributed by atoms with van der Waals surface area (Å²) in [4.78, 5) is 0. The Labute approximate surface area is 123 Å². The quantitative estimate of drug-likeness (QED) is 0.486. The van der Waals surface area contributed by atoms with Crippen LogP contribution in [0, 0.1) is 0 Å². The third kappa shape index (κ3) is 4.80. The van der Waals surface area contributed by atoms with Gasteiger partial charge in [-0.25, -0.2) is 33.7 Å². The van der Waals surface area contributed by atoms with E-state index < -0.39 is 52.6 Å². The van der Waals surface area contributed by atoms with Crippen molar-refractivity contribution in [1.82, 2.24) is 7.42 Å². The van der Waals surface area contributed by atoms with Gasteiger partial charge in [-0.05, 0) is 12.2 Å². The third-order valence-corrected chi connectivity index (χ3v) is 8.70. The van der Waals surface area contributed by atoms with Gasteiger partial charge in [0.1, 0.15) is 0 Å². The zero-order valence-corrected chi connectivity index (χ0v) is 14.8. The second-order valence-electron chi connectivity index (χ2n) is 3.73. The highest BCUT2D eigenvalue weighted by molar-refractivity contribution is 8.08. The molecule has 0 radical (unpaired) electrons. The third-order valence-electron chi connectivity index (χ3n) is 1.52. The van der Waals surface area contributed by atoms with Gasteiger partial charge in [0.2, 0.25) is 45.2 Å². The van der Waals surface area contributed by atoms with E-state index in [1.807, 2.05) is 0 Å². The Morgan fingerprint density at radius 2 is 0.750 bits per heavy atom. The fourth-order valence-electron chi connectivity index (χ4n) is 1.13. The van der Waals surface area contributed by atoms with E-state index in [9.17, 15) is 33.7 Å². The maximum absolute atomic E-state index is 11.4. The smallest absolute Gasteiger partial charge is 0.206 e. The highest BCUT2D eigenvalue weighted by atomic mass is 32.3. The van der Waals surface area contributed by atoms with E-state index in [4.69, 9.17) is 0 Å². The lowest BCUT2D eigenvalue weighted by atomic mass is 11.2. The molecule has 20 heavy (non-hydrogen) atoms. The fraction of sp³-hybridized carbons (Fsp3) is 0.800. The molecular weight excluding hydrogens is 376 g/mol. The van der Waals surface area contributed by atoms with Crippen LogP contribution in [-0.2, 0) is 40.1 Å². The van der Waals surface area contributed by atoms with Crippen molar-refractivity contribution in [2.45, 2.75) is 0 Å². The lowest BCUT2D eigenvalue weighted by Gasteiger charge is -2.26. The summed E-state index contributed by atoms with van der Waals surface area (Å²) in [6.07, 6.45) is 1.73. The average molecular weight is 388 g/mol. The van der Waals surface area contributed by atoms with Gasteiger partial charge in [0.25, 0.3) is 0 Å². The zero-order valence-electron chi connectivity index (χ0n) is 10.7. The first-order chi connectivity index (χ1) is 8.40. The lowest BCUT2D eigenvalue weighted by Crippen LogP contribution is -2.51. The monoisotopic (exact) mass is 388 g/mol. The summed E-state index contributed by atoms with van der Waals surface area (Å²) in [5.74, 6) is 0. The van der Waals surface area contributed by atoms with Crippen molar-refractivity contribution in [3.05, 3.63) is 0 Å².